The van der Waals surface area contributed by atoms with Crippen molar-refractivity contribution in [2.24, 2.45) is 7.05 Å². The summed E-state index contributed by atoms with van der Waals surface area (Å²) in [5.74, 6) is 0.904. The zero-order chi connectivity index (χ0) is 10.8. The molecule has 2 heterocycles. The highest BCUT2D eigenvalue weighted by molar-refractivity contribution is 5.31. The molecule has 84 valence electrons. The maximum absolute atomic E-state index is 5.38. The average molecular weight is 209 g/mol. The van der Waals surface area contributed by atoms with E-state index >= 15 is 0 Å². The van der Waals surface area contributed by atoms with Crippen molar-refractivity contribution >= 4 is 0 Å². The molecule has 1 aromatic heterocycles. The molecule has 2 rings (SSSR count). The third-order valence-corrected chi connectivity index (χ3v) is 3.10. The second-order valence-electron chi connectivity index (χ2n) is 4.19. The van der Waals surface area contributed by atoms with Gasteiger partial charge in [0.15, 0.2) is 0 Å². The first-order chi connectivity index (χ1) is 7.22. The molecule has 1 saturated heterocycles. The molecule has 0 spiro atoms. The van der Waals surface area contributed by atoms with E-state index in [1.165, 1.54) is 18.4 Å². The van der Waals surface area contributed by atoms with Crippen LogP contribution in [0.4, 0.5) is 0 Å². The predicted octanol–water partition coefficient (Wildman–Crippen LogP) is 1.03. The first kappa shape index (κ1) is 10.5. The van der Waals surface area contributed by atoms with E-state index in [1.54, 1.807) is 7.11 Å². The van der Waals surface area contributed by atoms with Gasteiger partial charge in [0.1, 0.15) is 0 Å². The molecular weight excluding hydrogens is 190 g/mol. The van der Waals surface area contributed by atoms with Crippen LogP contribution in [0.3, 0.4) is 0 Å². The van der Waals surface area contributed by atoms with E-state index in [4.69, 9.17) is 4.74 Å². The monoisotopic (exact) mass is 209 g/mol. The predicted molar refractivity (Wildman–Crippen MR) is 59.2 cm³/mol. The zero-order valence-electron chi connectivity index (χ0n) is 9.71. The lowest BCUT2D eigenvalue weighted by atomic mass is 10.1. The molecule has 4 nitrogen and oxygen atoms in total. The molecule has 0 amide bonds. The highest BCUT2D eigenvalue weighted by Gasteiger charge is 2.20. The highest BCUT2D eigenvalue weighted by Crippen LogP contribution is 2.24. The van der Waals surface area contributed by atoms with Crippen molar-refractivity contribution in [3.05, 3.63) is 11.3 Å². The van der Waals surface area contributed by atoms with E-state index in [2.05, 4.69) is 10.4 Å². The standard InChI is InChI=1S/C11H19N3O/c1-8-10(7-9-5-4-6-12-9)11(15-3)14(2)13-8/h9,12H,4-7H2,1-3H3/t9-/m0/s1. The van der Waals surface area contributed by atoms with Crippen LogP contribution in [-0.2, 0) is 13.5 Å². The van der Waals surface area contributed by atoms with Gasteiger partial charge in [-0.3, -0.25) is 0 Å². The fourth-order valence-corrected chi connectivity index (χ4v) is 2.35. The van der Waals surface area contributed by atoms with Gasteiger partial charge in [-0.05, 0) is 32.7 Å². The molecule has 0 radical (unpaired) electrons. The molecule has 0 bridgehead atoms. The molecule has 1 fully saturated rings. The van der Waals surface area contributed by atoms with Crippen LogP contribution in [0, 0.1) is 6.92 Å². The summed E-state index contributed by atoms with van der Waals surface area (Å²) in [6.45, 7) is 3.19. The van der Waals surface area contributed by atoms with Crippen molar-refractivity contribution in [1.29, 1.82) is 0 Å². The summed E-state index contributed by atoms with van der Waals surface area (Å²) in [7, 11) is 3.64. The molecule has 0 aliphatic carbocycles. The zero-order valence-corrected chi connectivity index (χ0v) is 9.71. The van der Waals surface area contributed by atoms with Crippen LogP contribution in [0.15, 0.2) is 0 Å². The molecule has 1 aromatic rings. The number of aromatic nitrogens is 2. The van der Waals surface area contributed by atoms with E-state index in [-0.39, 0.29) is 0 Å². The summed E-state index contributed by atoms with van der Waals surface area (Å²) >= 11 is 0. The molecule has 1 atom stereocenters. The van der Waals surface area contributed by atoms with Crippen LogP contribution >= 0.6 is 0 Å². The van der Waals surface area contributed by atoms with Crippen molar-refractivity contribution in [2.45, 2.75) is 32.2 Å². The minimum atomic E-state index is 0.599. The number of nitrogens with zero attached hydrogens (tertiary/aromatic N) is 2. The van der Waals surface area contributed by atoms with E-state index in [9.17, 15) is 0 Å². The smallest absolute Gasteiger partial charge is 0.214 e. The Balaban J connectivity index is 2.18. The van der Waals surface area contributed by atoms with Gasteiger partial charge in [0.25, 0.3) is 0 Å². The van der Waals surface area contributed by atoms with Crippen molar-refractivity contribution in [3.8, 4) is 5.88 Å². The Bertz CT molecular complexity index is 340. The Morgan fingerprint density at radius 2 is 2.40 bits per heavy atom. The van der Waals surface area contributed by atoms with Gasteiger partial charge in [0.2, 0.25) is 5.88 Å². The maximum atomic E-state index is 5.38. The molecule has 0 saturated carbocycles. The van der Waals surface area contributed by atoms with Gasteiger partial charge >= 0.3 is 0 Å². The lowest BCUT2D eigenvalue weighted by Gasteiger charge is -2.10. The molecule has 0 unspecified atom stereocenters. The number of aryl methyl sites for hydroxylation is 2. The van der Waals surface area contributed by atoms with Gasteiger partial charge in [-0.15, -0.1) is 0 Å². The van der Waals surface area contributed by atoms with Gasteiger partial charge < -0.3 is 10.1 Å². The summed E-state index contributed by atoms with van der Waals surface area (Å²) in [6.07, 6.45) is 3.58. The molecular formula is C11H19N3O. The van der Waals surface area contributed by atoms with Crippen molar-refractivity contribution in [2.75, 3.05) is 13.7 Å². The van der Waals surface area contributed by atoms with Crippen LogP contribution in [0.5, 0.6) is 5.88 Å². The second kappa shape index (κ2) is 4.23. The molecule has 1 N–H and O–H groups in total. The topological polar surface area (TPSA) is 39.1 Å². The summed E-state index contributed by atoms with van der Waals surface area (Å²) in [6, 6.07) is 0.599. The Morgan fingerprint density at radius 1 is 1.60 bits per heavy atom. The van der Waals surface area contributed by atoms with E-state index in [0.29, 0.717) is 6.04 Å². The number of methoxy groups -OCH3 is 1. The number of rotatable bonds is 3. The Kier molecular flexibility index (Phi) is 2.95. The van der Waals surface area contributed by atoms with Gasteiger partial charge in [-0.1, -0.05) is 0 Å². The normalized spacial score (nSPS) is 20.9. The Hall–Kier alpha value is -1.03. The van der Waals surface area contributed by atoms with E-state index in [0.717, 1.165) is 24.5 Å². The second-order valence-corrected chi connectivity index (χ2v) is 4.19. The molecule has 4 heteroatoms. The van der Waals surface area contributed by atoms with Crippen molar-refractivity contribution in [1.82, 2.24) is 15.1 Å². The van der Waals surface area contributed by atoms with E-state index < -0.39 is 0 Å². The van der Waals surface area contributed by atoms with Crippen molar-refractivity contribution < 1.29 is 4.74 Å². The first-order valence-corrected chi connectivity index (χ1v) is 5.52. The highest BCUT2D eigenvalue weighted by atomic mass is 16.5. The van der Waals surface area contributed by atoms with Crippen LogP contribution in [0.25, 0.3) is 0 Å². The minimum absolute atomic E-state index is 0.599. The quantitative estimate of drug-likeness (QED) is 0.808. The summed E-state index contributed by atoms with van der Waals surface area (Å²) in [5, 5.41) is 7.89. The van der Waals surface area contributed by atoms with Gasteiger partial charge in [0, 0.05) is 18.7 Å². The minimum Gasteiger partial charge on any atom is -0.481 e. The van der Waals surface area contributed by atoms with Gasteiger partial charge in [-0.2, -0.15) is 5.10 Å². The fraction of sp³-hybridized carbons (Fsp3) is 0.727. The van der Waals surface area contributed by atoms with Gasteiger partial charge in [-0.25, -0.2) is 4.68 Å². The molecule has 1 aliphatic heterocycles. The third-order valence-electron chi connectivity index (χ3n) is 3.10. The van der Waals surface area contributed by atoms with Crippen LogP contribution in [0.1, 0.15) is 24.1 Å². The third kappa shape index (κ3) is 2.00. The fourth-order valence-electron chi connectivity index (χ4n) is 2.35. The lowest BCUT2D eigenvalue weighted by molar-refractivity contribution is 0.367. The number of hydrogen-bond donors (Lipinski definition) is 1. The number of hydrogen-bond acceptors (Lipinski definition) is 3. The molecule has 0 aromatic carbocycles. The van der Waals surface area contributed by atoms with Crippen LogP contribution < -0.4 is 10.1 Å². The summed E-state index contributed by atoms with van der Waals surface area (Å²) < 4.78 is 7.20. The van der Waals surface area contributed by atoms with Gasteiger partial charge in [0.05, 0.1) is 12.8 Å². The number of nitrogens with one attached hydrogen (secondary N) is 1. The van der Waals surface area contributed by atoms with Crippen LogP contribution in [0.2, 0.25) is 0 Å². The first-order valence-electron chi connectivity index (χ1n) is 5.52. The Labute approximate surface area is 90.6 Å². The van der Waals surface area contributed by atoms with Crippen LogP contribution in [-0.4, -0.2) is 29.5 Å². The number of ether oxygens (including phenoxy) is 1. The largest absolute Gasteiger partial charge is 0.481 e. The maximum Gasteiger partial charge on any atom is 0.214 e. The lowest BCUT2D eigenvalue weighted by Crippen LogP contribution is -2.24. The molecule has 15 heavy (non-hydrogen) atoms. The summed E-state index contributed by atoms with van der Waals surface area (Å²) in [5.41, 5.74) is 2.34. The van der Waals surface area contributed by atoms with Crippen molar-refractivity contribution in [3.63, 3.8) is 0 Å². The Morgan fingerprint density at radius 3 is 3.00 bits per heavy atom. The summed E-state index contributed by atoms with van der Waals surface area (Å²) in [4.78, 5) is 0. The van der Waals surface area contributed by atoms with E-state index in [1.807, 2.05) is 18.7 Å². The SMILES string of the molecule is COc1c(C[C@@H]2CCCN2)c(C)nn1C. The molecule has 1 aliphatic rings. The average Bonchev–Trinajstić information content (AvgIpc) is 2.77.